The van der Waals surface area contributed by atoms with Crippen LogP contribution in [0, 0.1) is 6.92 Å². The molecular formula is C11H11N3O3. The van der Waals surface area contributed by atoms with Gasteiger partial charge in [-0.1, -0.05) is 0 Å². The van der Waals surface area contributed by atoms with E-state index in [2.05, 4.69) is 10.1 Å². The number of aromatic nitrogens is 3. The third-order valence-electron chi connectivity index (χ3n) is 2.27. The molecule has 0 radical (unpaired) electrons. The molecule has 2 aromatic rings. The number of nitrogens with zero attached hydrogens (tertiary/aromatic N) is 3. The lowest BCUT2D eigenvalue weighted by molar-refractivity contribution is -0.132. The number of hydrogen-bond donors (Lipinski definition) is 0. The number of rotatable bonds is 1. The predicted octanol–water partition coefficient (Wildman–Crippen LogP) is 1.33. The molecule has 0 aliphatic rings. The van der Waals surface area contributed by atoms with Crippen molar-refractivity contribution in [3.63, 3.8) is 0 Å². The van der Waals surface area contributed by atoms with E-state index in [4.69, 9.17) is 4.74 Å². The van der Waals surface area contributed by atoms with Crippen LogP contribution in [-0.4, -0.2) is 26.6 Å². The standard InChI is InChI=1S/C11H11N3O3/c1-6-10-9(14(13-6)7(2)15)4-5-12-11(10)17-8(3)16/h4-5H,1-3H3. The number of pyridine rings is 1. The lowest BCUT2D eigenvalue weighted by atomic mass is 10.2. The summed E-state index contributed by atoms with van der Waals surface area (Å²) >= 11 is 0. The average molecular weight is 233 g/mol. The van der Waals surface area contributed by atoms with Gasteiger partial charge in [0.1, 0.15) is 0 Å². The fourth-order valence-corrected chi connectivity index (χ4v) is 1.66. The van der Waals surface area contributed by atoms with Gasteiger partial charge in [0.05, 0.1) is 16.6 Å². The third-order valence-corrected chi connectivity index (χ3v) is 2.27. The van der Waals surface area contributed by atoms with Gasteiger partial charge in [0.15, 0.2) is 0 Å². The Kier molecular flexibility index (Phi) is 2.63. The molecule has 17 heavy (non-hydrogen) atoms. The van der Waals surface area contributed by atoms with Crippen molar-refractivity contribution in [1.82, 2.24) is 14.8 Å². The molecule has 6 nitrogen and oxygen atoms in total. The van der Waals surface area contributed by atoms with Crippen molar-refractivity contribution >= 4 is 22.8 Å². The van der Waals surface area contributed by atoms with Crippen LogP contribution in [0.2, 0.25) is 0 Å². The van der Waals surface area contributed by atoms with E-state index in [0.717, 1.165) is 0 Å². The van der Waals surface area contributed by atoms with Crippen LogP contribution in [0.25, 0.3) is 10.9 Å². The first-order chi connectivity index (χ1) is 8.00. The normalized spacial score (nSPS) is 10.5. The van der Waals surface area contributed by atoms with Crippen molar-refractivity contribution < 1.29 is 14.3 Å². The van der Waals surface area contributed by atoms with Gasteiger partial charge >= 0.3 is 5.97 Å². The topological polar surface area (TPSA) is 74.1 Å². The molecular weight excluding hydrogens is 222 g/mol. The molecule has 2 aromatic heterocycles. The van der Waals surface area contributed by atoms with E-state index < -0.39 is 5.97 Å². The van der Waals surface area contributed by atoms with E-state index in [1.165, 1.54) is 24.7 Å². The maximum Gasteiger partial charge on any atom is 0.309 e. The molecule has 0 amide bonds. The van der Waals surface area contributed by atoms with Crippen LogP contribution in [0.5, 0.6) is 5.88 Å². The first kappa shape index (κ1) is 11.3. The lowest BCUT2D eigenvalue weighted by Crippen LogP contribution is -2.07. The summed E-state index contributed by atoms with van der Waals surface area (Å²) in [6.45, 7) is 4.44. The average Bonchev–Trinajstić information content (AvgIpc) is 2.56. The Labute approximate surface area is 97.2 Å². The van der Waals surface area contributed by atoms with E-state index >= 15 is 0 Å². The lowest BCUT2D eigenvalue weighted by Gasteiger charge is -2.01. The van der Waals surface area contributed by atoms with Crippen molar-refractivity contribution in [2.75, 3.05) is 0 Å². The minimum atomic E-state index is -0.458. The molecule has 0 saturated carbocycles. The minimum absolute atomic E-state index is 0.181. The highest BCUT2D eigenvalue weighted by molar-refractivity contribution is 5.94. The smallest absolute Gasteiger partial charge is 0.309 e. The van der Waals surface area contributed by atoms with Gasteiger partial charge in [0, 0.05) is 20.0 Å². The Hall–Kier alpha value is -2.24. The fourth-order valence-electron chi connectivity index (χ4n) is 1.66. The van der Waals surface area contributed by atoms with Gasteiger partial charge in [0.25, 0.3) is 0 Å². The molecule has 0 spiro atoms. The van der Waals surface area contributed by atoms with Crippen LogP contribution in [0.4, 0.5) is 0 Å². The van der Waals surface area contributed by atoms with Crippen LogP contribution >= 0.6 is 0 Å². The highest BCUT2D eigenvalue weighted by Gasteiger charge is 2.16. The molecule has 0 unspecified atom stereocenters. The van der Waals surface area contributed by atoms with Gasteiger partial charge < -0.3 is 4.74 Å². The van der Waals surface area contributed by atoms with Crippen LogP contribution in [0.15, 0.2) is 12.3 Å². The summed E-state index contributed by atoms with van der Waals surface area (Å²) in [6.07, 6.45) is 1.47. The summed E-state index contributed by atoms with van der Waals surface area (Å²) in [7, 11) is 0. The third kappa shape index (κ3) is 1.89. The second kappa shape index (κ2) is 3.97. The zero-order chi connectivity index (χ0) is 12.6. The van der Waals surface area contributed by atoms with Gasteiger partial charge in [-0.05, 0) is 13.0 Å². The van der Waals surface area contributed by atoms with E-state index in [1.807, 2.05) is 0 Å². The Bertz CT molecular complexity index is 616. The number of hydrogen-bond acceptors (Lipinski definition) is 5. The van der Waals surface area contributed by atoms with Crippen LogP contribution in [0.1, 0.15) is 24.3 Å². The Balaban J connectivity index is 2.72. The van der Waals surface area contributed by atoms with Crippen LogP contribution in [0.3, 0.4) is 0 Å². The molecule has 0 bridgehead atoms. The summed E-state index contributed by atoms with van der Waals surface area (Å²) in [5, 5.41) is 4.67. The van der Waals surface area contributed by atoms with Crippen molar-refractivity contribution in [2.45, 2.75) is 20.8 Å². The summed E-state index contributed by atoms with van der Waals surface area (Å²) in [6, 6.07) is 1.66. The second-order valence-corrected chi connectivity index (χ2v) is 3.62. The number of carbonyl (C=O) groups excluding carboxylic acids is 2. The molecule has 0 aliphatic carbocycles. The zero-order valence-electron chi connectivity index (χ0n) is 9.72. The number of ether oxygens (including phenoxy) is 1. The minimum Gasteiger partial charge on any atom is -0.407 e. The fraction of sp³-hybridized carbons (Fsp3) is 0.273. The molecule has 6 heteroatoms. The Morgan fingerprint density at radius 2 is 2.06 bits per heavy atom. The summed E-state index contributed by atoms with van der Waals surface area (Å²) < 4.78 is 6.25. The van der Waals surface area contributed by atoms with E-state index in [9.17, 15) is 9.59 Å². The summed E-state index contributed by atoms with van der Waals surface area (Å²) in [4.78, 5) is 26.3. The largest absolute Gasteiger partial charge is 0.407 e. The molecule has 88 valence electrons. The van der Waals surface area contributed by atoms with Crippen LogP contribution in [-0.2, 0) is 4.79 Å². The van der Waals surface area contributed by atoms with E-state index in [-0.39, 0.29) is 11.8 Å². The molecule has 2 heterocycles. The molecule has 2 rings (SSSR count). The van der Waals surface area contributed by atoms with Gasteiger partial charge in [-0.2, -0.15) is 9.78 Å². The van der Waals surface area contributed by atoms with E-state index in [1.54, 1.807) is 13.0 Å². The van der Waals surface area contributed by atoms with Gasteiger partial charge in [-0.15, -0.1) is 0 Å². The van der Waals surface area contributed by atoms with Crippen molar-refractivity contribution in [3.8, 4) is 5.88 Å². The molecule has 0 fully saturated rings. The monoisotopic (exact) mass is 233 g/mol. The molecule has 0 N–H and O–H groups in total. The summed E-state index contributed by atoms with van der Waals surface area (Å²) in [5.74, 6) is -0.483. The molecule has 0 aromatic carbocycles. The second-order valence-electron chi connectivity index (χ2n) is 3.62. The van der Waals surface area contributed by atoms with Gasteiger partial charge in [-0.3, -0.25) is 9.59 Å². The quantitative estimate of drug-likeness (QED) is 0.694. The van der Waals surface area contributed by atoms with Gasteiger partial charge in [-0.25, -0.2) is 4.98 Å². The number of fused-ring (bicyclic) bond motifs is 1. The van der Waals surface area contributed by atoms with Crippen molar-refractivity contribution in [1.29, 1.82) is 0 Å². The number of carbonyl (C=O) groups is 2. The summed E-state index contributed by atoms with van der Waals surface area (Å²) in [5.41, 5.74) is 1.18. The molecule has 0 aliphatic heterocycles. The Morgan fingerprint density at radius 3 is 2.65 bits per heavy atom. The highest BCUT2D eigenvalue weighted by atomic mass is 16.5. The maximum atomic E-state index is 11.4. The van der Waals surface area contributed by atoms with Crippen LogP contribution < -0.4 is 4.74 Å². The van der Waals surface area contributed by atoms with Crippen molar-refractivity contribution in [2.24, 2.45) is 0 Å². The van der Waals surface area contributed by atoms with E-state index in [0.29, 0.717) is 16.6 Å². The SMILES string of the molecule is CC(=O)Oc1nccc2c1c(C)nn2C(C)=O. The van der Waals surface area contributed by atoms with Crippen molar-refractivity contribution in [3.05, 3.63) is 18.0 Å². The number of aryl methyl sites for hydroxylation is 1. The Morgan fingerprint density at radius 1 is 1.35 bits per heavy atom. The molecule has 0 saturated heterocycles. The van der Waals surface area contributed by atoms with Gasteiger partial charge in [0.2, 0.25) is 11.8 Å². The first-order valence-corrected chi connectivity index (χ1v) is 5.04. The zero-order valence-corrected chi connectivity index (χ0v) is 9.72. The first-order valence-electron chi connectivity index (χ1n) is 5.04. The predicted molar refractivity (Wildman–Crippen MR) is 59.9 cm³/mol. The highest BCUT2D eigenvalue weighted by Crippen LogP contribution is 2.26. The number of esters is 1. The maximum absolute atomic E-state index is 11.4. The molecule has 0 atom stereocenters.